The minimum absolute atomic E-state index is 0.410. The average molecular weight is 306 g/mol. The quantitative estimate of drug-likeness (QED) is 0.592. The molecule has 1 aliphatic rings. The van der Waals surface area contributed by atoms with Crippen LogP contribution in [-0.4, -0.2) is 0 Å². The molecule has 0 bridgehead atoms. The van der Waals surface area contributed by atoms with Crippen LogP contribution in [0.4, 0.5) is 0 Å². The molecule has 1 aliphatic carbocycles. The van der Waals surface area contributed by atoms with Crippen molar-refractivity contribution < 1.29 is 4.74 Å². The van der Waals surface area contributed by atoms with Crippen LogP contribution in [0.25, 0.3) is 0 Å². The highest BCUT2D eigenvalue weighted by atomic mass is 16.5. The number of para-hydroxylation sites is 1. The van der Waals surface area contributed by atoms with Gasteiger partial charge in [0.1, 0.15) is 11.5 Å². The lowest BCUT2D eigenvalue weighted by molar-refractivity contribution is 0.481. The largest absolute Gasteiger partial charge is 0.457 e. The van der Waals surface area contributed by atoms with E-state index in [4.69, 9.17) is 4.74 Å². The Kier molecular flexibility index (Phi) is 4.30. The molecule has 0 aromatic heterocycles. The van der Waals surface area contributed by atoms with Gasteiger partial charge in [0.15, 0.2) is 0 Å². The molecule has 3 rings (SSSR count). The van der Waals surface area contributed by atoms with Gasteiger partial charge in [0.2, 0.25) is 0 Å². The van der Waals surface area contributed by atoms with Crippen LogP contribution in [0.2, 0.25) is 0 Å². The molecule has 2 atom stereocenters. The predicted octanol–water partition coefficient (Wildman–Crippen LogP) is 6.26. The van der Waals surface area contributed by atoms with Crippen molar-refractivity contribution in [3.63, 3.8) is 0 Å². The van der Waals surface area contributed by atoms with E-state index in [1.807, 2.05) is 36.4 Å². The number of benzene rings is 2. The van der Waals surface area contributed by atoms with E-state index in [2.05, 4.69) is 52.0 Å². The van der Waals surface area contributed by atoms with Crippen molar-refractivity contribution >= 4 is 0 Å². The van der Waals surface area contributed by atoms with Crippen LogP contribution < -0.4 is 4.74 Å². The maximum absolute atomic E-state index is 5.95. The van der Waals surface area contributed by atoms with E-state index < -0.39 is 0 Å². The van der Waals surface area contributed by atoms with Gasteiger partial charge in [0, 0.05) is 0 Å². The van der Waals surface area contributed by atoms with Gasteiger partial charge < -0.3 is 4.74 Å². The third-order valence-electron chi connectivity index (χ3n) is 4.99. The number of allylic oxidation sites excluding steroid dienone is 2. The topological polar surface area (TPSA) is 9.23 Å². The fraction of sp³-hybridized carbons (Fsp3) is 0.364. The standard InChI is InChI=1S/C22H26O/c1-16(2)13-20-21(22(20,3)4)15-17-9-8-12-19(14-17)23-18-10-6-5-7-11-18/h5-14,20-21H,15H2,1-4H3. The van der Waals surface area contributed by atoms with Gasteiger partial charge in [-0.3, -0.25) is 0 Å². The molecule has 1 heteroatoms. The van der Waals surface area contributed by atoms with Crippen molar-refractivity contribution in [1.29, 1.82) is 0 Å². The van der Waals surface area contributed by atoms with Crippen LogP contribution in [0.5, 0.6) is 11.5 Å². The second-order valence-electron chi connectivity index (χ2n) is 7.46. The van der Waals surface area contributed by atoms with Crippen molar-refractivity contribution in [2.24, 2.45) is 17.3 Å². The first-order valence-electron chi connectivity index (χ1n) is 8.43. The molecule has 0 radical (unpaired) electrons. The van der Waals surface area contributed by atoms with Gasteiger partial charge in [-0.25, -0.2) is 0 Å². The predicted molar refractivity (Wildman–Crippen MR) is 96.9 cm³/mol. The summed E-state index contributed by atoms with van der Waals surface area (Å²) in [5.41, 5.74) is 3.20. The van der Waals surface area contributed by atoms with Crippen molar-refractivity contribution in [2.75, 3.05) is 0 Å². The van der Waals surface area contributed by atoms with Crippen molar-refractivity contribution in [1.82, 2.24) is 0 Å². The Morgan fingerprint density at radius 3 is 2.39 bits per heavy atom. The molecule has 0 heterocycles. The average Bonchev–Trinajstić information content (AvgIpc) is 3.00. The summed E-state index contributed by atoms with van der Waals surface area (Å²) in [4.78, 5) is 0. The molecule has 2 aromatic carbocycles. The summed E-state index contributed by atoms with van der Waals surface area (Å²) in [7, 11) is 0. The lowest BCUT2D eigenvalue weighted by Gasteiger charge is -2.08. The van der Waals surface area contributed by atoms with Crippen LogP contribution in [-0.2, 0) is 6.42 Å². The highest BCUT2D eigenvalue weighted by Gasteiger charge is 2.55. The fourth-order valence-corrected chi connectivity index (χ4v) is 3.48. The number of hydrogen-bond acceptors (Lipinski definition) is 1. The molecule has 0 saturated heterocycles. The van der Waals surface area contributed by atoms with Crippen LogP contribution in [0.3, 0.4) is 0 Å². The molecule has 1 saturated carbocycles. The van der Waals surface area contributed by atoms with Gasteiger partial charge in [-0.15, -0.1) is 0 Å². The summed E-state index contributed by atoms with van der Waals surface area (Å²) in [5.74, 6) is 3.24. The van der Waals surface area contributed by atoms with E-state index in [0.717, 1.165) is 23.8 Å². The van der Waals surface area contributed by atoms with Gasteiger partial charge in [-0.2, -0.15) is 0 Å². The molecule has 0 amide bonds. The van der Waals surface area contributed by atoms with Gasteiger partial charge in [0.25, 0.3) is 0 Å². The van der Waals surface area contributed by atoms with Gasteiger partial charge >= 0.3 is 0 Å². The first-order chi connectivity index (χ1) is 11.0. The summed E-state index contributed by atoms with van der Waals surface area (Å²) in [6.45, 7) is 9.15. The monoisotopic (exact) mass is 306 g/mol. The summed E-state index contributed by atoms with van der Waals surface area (Å²) in [5, 5.41) is 0. The van der Waals surface area contributed by atoms with Crippen LogP contribution in [0, 0.1) is 17.3 Å². The lowest BCUT2D eigenvalue weighted by Crippen LogP contribution is -1.95. The van der Waals surface area contributed by atoms with Gasteiger partial charge in [-0.1, -0.05) is 55.8 Å². The maximum Gasteiger partial charge on any atom is 0.127 e. The molecule has 23 heavy (non-hydrogen) atoms. The first kappa shape index (κ1) is 15.9. The SMILES string of the molecule is CC(C)=CC1C(Cc2cccc(Oc3ccccc3)c2)C1(C)C. The third-order valence-corrected chi connectivity index (χ3v) is 4.99. The normalized spacial score (nSPS) is 21.6. The maximum atomic E-state index is 5.95. The lowest BCUT2D eigenvalue weighted by atomic mass is 10.0. The molecule has 120 valence electrons. The fourth-order valence-electron chi connectivity index (χ4n) is 3.48. The zero-order valence-corrected chi connectivity index (χ0v) is 14.5. The highest BCUT2D eigenvalue weighted by molar-refractivity contribution is 5.35. The first-order valence-corrected chi connectivity index (χ1v) is 8.43. The molecule has 2 aromatic rings. The van der Waals surface area contributed by atoms with E-state index in [-0.39, 0.29) is 0 Å². The second-order valence-corrected chi connectivity index (χ2v) is 7.46. The highest BCUT2D eigenvalue weighted by Crippen LogP contribution is 2.60. The van der Waals surface area contributed by atoms with E-state index in [1.165, 1.54) is 11.1 Å². The summed E-state index contributed by atoms with van der Waals surface area (Å²) in [6.07, 6.45) is 3.56. The number of hydrogen-bond donors (Lipinski definition) is 0. The summed E-state index contributed by atoms with van der Waals surface area (Å²) in [6, 6.07) is 18.5. The molecule has 0 aliphatic heterocycles. The number of rotatable bonds is 5. The molecular formula is C22H26O. The Morgan fingerprint density at radius 1 is 1.00 bits per heavy atom. The smallest absolute Gasteiger partial charge is 0.127 e. The Morgan fingerprint density at radius 2 is 1.70 bits per heavy atom. The van der Waals surface area contributed by atoms with Crippen molar-refractivity contribution in [3.8, 4) is 11.5 Å². The van der Waals surface area contributed by atoms with Crippen molar-refractivity contribution in [2.45, 2.75) is 34.1 Å². The van der Waals surface area contributed by atoms with E-state index in [0.29, 0.717) is 11.3 Å². The Balaban J connectivity index is 1.70. The minimum Gasteiger partial charge on any atom is -0.457 e. The Bertz CT molecular complexity index is 693. The number of ether oxygens (including phenoxy) is 1. The van der Waals surface area contributed by atoms with E-state index in [1.54, 1.807) is 0 Å². The van der Waals surface area contributed by atoms with Crippen LogP contribution in [0.1, 0.15) is 33.3 Å². The summed E-state index contributed by atoms with van der Waals surface area (Å²) < 4.78 is 5.95. The zero-order valence-electron chi connectivity index (χ0n) is 14.5. The van der Waals surface area contributed by atoms with Gasteiger partial charge in [-0.05, 0) is 67.3 Å². The van der Waals surface area contributed by atoms with E-state index in [9.17, 15) is 0 Å². The zero-order chi connectivity index (χ0) is 16.4. The Hall–Kier alpha value is -2.02. The molecule has 1 nitrogen and oxygen atoms in total. The van der Waals surface area contributed by atoms with Crippen molar-refractivity contribution in [3.05, 3.63) is 71.8 Å². The summed E-state index contributed by atoms with van der Waals surface area (Å²) >= 11 is 0. The Labute approximate surface area is 140 Å². The molecule has 0 spiro atoms. The van der Waals surface area contributed by atoms with Crippen LogP contribution >= 0.6 is 0 Å². The molecule has 0 N–H and O–H groups in total. The third kappa shape index (κ3) is 3.67. The van der Waals surface area contributed by atoms with Crippen LogP contribution in [0.15, 0.2) is 66.2 Å². The molecule has 2 unspecified atom stereocenters. The van der Waals surface area contributed by atoms with E-state index >= 15 is 0 Å². The molecular weight excluding hydrogens is 280 g/mol. The second kappa shape index (κ2) is 6.23. The minimum atomic E-state index is 0.410. The molecule has 1 fully saturated rings. The van der Waals surface area contributed by atoms with Gasteiger partial charge in [0.05, 0.1) is 0 Å².